The molecule has 4 aromatic heterocycles. The van der Waals surface area contributed by atoms with Crippen LogP contribution in [0.4, 0.5) is 17.1 Å². The second-order valence-electron chi connectivity index (χ2n) is 11.7. The van der Waals surface area contributed by atoms with E-state index >= 15 is 0 Å². The summed E-state index contributed by atoms with van der Waals surface area (Å²) in [5.41, 5.74) is 8.49. The van der Waals surface area contributed by atoms with E-state index < -0.39 is 0 Å². The van der Waals surface area contributed by atoms with Crippen molar-refractivity contribution in [2.75, 3.05) is 4.90 Å². The molecular formula is C42H29N7. The minimum absolute atomic E-state index is 0.703. The molecule has 7 heteroatoms. The molecule has 0 N–H and O–H groups in total. The summed E-state index contributed by atoms with van der Waals surface area (Å²) in [6.45, 7) is 0. The van der Waals surface area contributed by atoms with Crippen LogP contribution in [0.15, 0.2) is 176 Å². The number of hydrogen-bond acceptors (Lipinski definition) is 5. The highest BCUT2D eigenvalue weighted by atomic mass is 15.3. The molecule has 0 aliphatic heterocycles. The summed E-state index contributed by atoms with van der Waals surface area (Å²) in [5.74, 6) is 2.15. The Morgan fingerprint density at radius 1 is 0.408 bits per heavy atom. The van der Waals surface area contributed by atoms with Gasteiger partial charge in [-0.3, -0.25) is 9.55 Å². The maximum atomic E-state index is 4.64. The first kappa shape index (κ1) is 28.4. The predicted molar refractivity (Wildman–Crippen MR) is 197 cm³/mol. The monoisotopic (exact) mass is 631 g/mol. The van der Waals surface area contributed by atoms with Crippen molar-refractivity contribution in [2.45, 2.75) is 0 Å². The van der Waals surface area contributed by atoms with Crippen LogP contribution in [0.25, 0.3) is 56.1 Å². The molecular weight excluding hydrogens is 603 g/mol. The van der Waals surface area contributed by atoms with Crippen molar-refractivity contribution < 1.29 is 0 Å². The molecule has 9 aromatic rings. The number of para-hydroxylation sites is 3. The first-order valence-corrected chi connectivity index (χ1v) is 16.1. The van der Waals surface area contributed by atoms with Gasteiger partial charge in [-0.05, 0) is 97.1 Å². The van der Waals surface area contributed by atoms with Crippen LogP contribution in [0.3, 0.4) is 0 Å². The van der Waals surface area contributed by atoms with Crippen LogP contribution in [0.1, 0.15) is 0 Å². The van der Waals surface area contributed by atoms with Crippen LogP contribution in [0, 0.1) is 0 Å². The van der Waals surface area contributed by atoms with Gasteiger partial charge in [0.05, 0.1) is 11.0 Å². The summed E-state index contributed by atoms with van der Waals surface area (Å²) in [6, 6.07) is 54.6. The number of fused-ring (bicyclic) bond motifs is 3. The van der Waals surface area contributed by atoms with Crippen LogP contribution < -0.4 is 4.90 Å². The highest BCUT2D eigenvalue weighted by Gasteiger charge is 2.19. The fourth-order valence-corrected chi connectivity index (χ4v) is 6.60. The first-order valence-electron chi connectivity index (χ1n) is 16.1. The first-order chi connectivity index (χ1) is 24.3. The van der Waals surface area contributed by atoms with Crippen molar-refractivity contribution >= 4 is 38.9 Å². The van der Waals surface area contributed by atoms with Crippen molar-refractivity contribution in [2.24, 2.45) is 0 Å². The number of anilines is 3. The molecule has 0 radical (unpaired) electrons. The number of pyridine rings is 2. The van der Waals surface area contributed by atoms with E-state index in [1.54, 1.807) is 18.6 Å². The lowest BCUT2D eigenvalue weighted by Crippen LogP contribution is -2.10. The third kappa shape index (κ3) is 5.01. The lowest BCUT2D eigenvalue weighted by Gasteiger charge is -2.26. The van der Waals surface area contributed by atoms with E-state index in [4.69, 9.17) is 0 Å². The average Bonchev–Trinajstić information content (AvgIpc) is 3.77. The topological polar surface area (TPSA) is 64.7 Å². The molecule has 0 aliphatic carbocycles. The molecule has 0 fully saturated rings. The average molecular weight is 632 g/mol. The Labute approximate surface area is 283 Å². The van der Waals surface area contributed by atoms with Crippen molar-refractivity contribution in [1.82, 2.24) is 29.3 Å². The SMILES string of the molecule is c1ccc(N(c2ccc(-c3nnc(-c4ccncc4)n3-c3ccccn3)cc2)c2ccc(-n3c4ccccc4c4ccccc43)cc2)cc1. The smallest absolute Gasteiger partial charge is 0.170 e. The Bertz CT molecular complexity index is 2470. The molecule has 0 saturated heterocycles. The zero-order chi connectivity index (χ0) is 32.6. The summed E-state index contributed by atoms with van der Waals surface area (Å²) in [4.78, 5) is 11.1. The van der Waals surface area contributed by atoms with E-state index in [2.05, 4.69) is 151 Å². The minimum atomic E-state index is 0.703. The quantitative estimate of drug-likeness (QED) is 0.175. The van der Waals surface area contributed by atoms with E-state index in [0.29, 0.717) is 11.6 Å². The van der Waals surface area contributed by atoms with Crippen LogP contribution in [0.2, 0.25) is 0 Å². The van der Waals surface area contributed by atoms with Gasteiger partial charge in [0.25, 0.3) is 0 Å². The van der Waals surface area contributed by atoms with E-state index in [1.165, 1.54) is 21.8 Å². The van der Waals surface area contributed by atoms with Gasteiger partial charge in [0.1, 0.15) is 5.82 Å². The Balaban J connectivity index is 1.12. The van der Waals surface area contributed by atoms with Gasteiger partial charge >= 0.3 is 0 Å². The summed E-state index contributed by atoms with van der Waals surface area (Å²) in [7, 11) is 0. The van der Waals surface area contributed by atoms with Gasteiger partial charge in [0.2, 0.25) is 0 Å². The number of aromatic nitrogens is 6. The van der Waals surface area contributed by atoms with Crippen LogP contribution in [-0.4, -0.2) is 29.3 Å². The fraction of sp³-hybridized carbons (Fsp3) is 0. The van der Waals surface area contributed by atoms with E-state index in [0.717, 1.165) is 39.7 Å². The highest BCUT2D eigenvalue weighted by molar-refractivity contribution is 6.09. The van der Waals surface area contributed by atoms with E-state index in [-0.39, 0.29) is 0 Å². The summed E-state index contributed by atoms with van der Waals surface area (Å²) < 4.78 is 4.33. The van der Waals surface area contributed by atoms with Gasteiger partial charge in [-0.1, -0.05) is 60.7 Å². The van der Waals surface area contributed by atoms with Gasteiger partial charge in [0, 0.05) is 63.2 Å². The Hall–Kier alpha value is -6.86. The molecule has 4 heterocycles. The second-order valence-corrected chi connectivity index (χ2v) is 11.7. The van der Waals surface area contributed by atoms with Gasteiger partial charge in [0.15, 0.2) is 11.6 Å². The van der Waals surface area contributed by atoms with Crippen LogP contribution >= 0.6 is 0 Å². The largest absolute Gasteiger partial charge is 0.311 e. The minimum Gasteiger partial charge on any atom is -0.311 e. The zero-order valence-corrected chi connectivity index (χ0v) is 26.4. The standard InChI is InChI=1S/C42H29N7/c1-2-10-32(11-3-1)47(34-21-23-35(24-22-34)48-38-14-6-4-12-36(38)37-13-5-7-15-39(37)48)33-19-17-30(18-20-33)41-45-46-42(31-25-28-43-29-26-31)49(41)40-16-8-9-27-44-40/h1-29H. The molecule has 7 nitrogen and oxygen atoms in total. The summed E-state index contributed by atoms with van der Waals surface area (Å²) in [5, 5.41) is 11.7. The van der Waals surface area contributed by atoms with Crippen molar-refractivity contribution in [3.05, 3.63) is 176 Å². The summed E-state index contributed by atoms with van der Waals surface area (Å²) in [6.07, 6.45) is 5.30. The summed E-state index contributed by atoms with van der Waals surface area (Å²) >= 11 is 0. The molecule has 232 valence electrons. The Kier molecular flexibility index (Phi) is 6.98. The third-order valence-electron chi connectivity index (χ3n) is 8.82. The second kappa shape index (κ2) is 12.1. The molecule has 5 aromatic carbocycles. The van der Waals surface area contributed by atoms with Crippen molar-refractivity contribution in [3.63, 3.8) is 0 Å². The molecule has 0 unspecified atom stereocenters. The van der Waals surface area contributed by atoms with Crippen LogP contribution in [-0.2, 0) is 0 Å². The lowest BCUT2D eigenvalue weighted by molar-refractivity contribution is 1.01. The number of hydrogen-bond donors (Lipinski definition) is 0. The predicted octanol–water partition coefficient (Wildman–Crippen LogP) is 9.96. The molecule has 9 rings (SSSR count). The molecule has 0 amide bonds. The molecule has 49 heavy (non-hydrogen) atoms. The Morgan fingerprint density at radius 3 is 1.55 bits per heavy atom. The molecule has 0 saturated carbocycles. The van der Waals surface area contributed by atoms with Gasteiger partial charge in [-0.15, -0.1) is 10.2 Å². The normalized spacial score (nSPS) is 11.3. The Morgan fingerprint density at radius 2 is 0.939 bits per heavy atom. The highest BCUT2D eigenvalue weighted by Crippen LogP contribution is 2.38. The number of rotatable bonds is 7. The maximum Gasteiger partial charge on any atom is 0.170 e. The molecule has 0 bridgehead atoms. The van der Waals surface area contributed by atoms with Gasteiger partial charge < -0.3 is 9.47 Å². The zero-order valence-electron chi connectivity index (χ0n) is 26.4. The third-order valence-corrected chi connectivity index (χ3v) is 8.82. The van der Waals surface area contributed by atoms with Crippen LogP contribution in [0.5, 0.6) is 0 Å². The maximum absolute atomic E-state index is 4.64. The number of benzene rings is 5. The van der Waals surface area contributed by atoms with Gasteiger partial charge in [-0.2, -0.15) is 0 Å². The molecule has 0 spiro atoms. The fourth-order valence-electron chi connectivity index (χ4n) is 6.60. The van der Waals surface area contributed by atoms with Crippen molar-refractivity contribution in [3.8, 4) is 34.3 Å². The van der Waals surface area contributed by atoms with Gasteiger partial charge in [-0.25, -0.2) is 4.98 Å². The number of nitrogens with zero attached hydrogens (tertiary/aromatic N) is 7. The molecule has 0 aliphatic rings. The van der Waals surface area contributed by atoms with E-state index in [1.807, 2.05) is 41.0 Å². The molecule has 0 atom stereocenters. The van der Waals surface area contributed by atoms with E-state index in [9.17, 15) is 0 Å². The lowest BCUT2D eigenvalue weighted by atomic mass is 10.1. The van der Waals surface area contributed by atoms with Crippen molar-refractivity contribution in [1.29, 1.82) is 0 Å².